The summed E-state index contributed by atoms with van der Waals surface area (Å²) in [6.45, 7) is 1.38. The van der Waals surface area contributed by atoms with Crippen molar-refractivity contribution < 1.29 is 23.7 Å². The Morgan fingerprint density at radius 3 is 2.07 bits per heavy atom. The maximum Gasteiger partial charge on any atom is 0.119 e. The second-order valence-corrected chi connectivity index (χ2v) is 6.03. The van der Waals surface area contributed by atoms with E-state index in [-0.39, 0.29) is 12.4 Å². The summed E-state index contributed by atoms with van der Waals surface area (Å²) < 4.78 is 27.8. The lowest BCUT2D eigenvalue weighted by molar-refractivity contribution is 0.0325. The molecular weight excluding hydrogens is 347 g/mol. The van der Waals surface area contributed by atoms with Crippen molar-refractivity contribution in [3.8, 4) is 22.6 Å². The topological polar surface area (TPSA) is 47.9 Å². The molecule has 0 saturated heterocycles. The highest BCUT2D eigenvalue weighted by molar-refractivity contribution is 5.88. The highest BCUT2D eigenvalue weighted by Gasteiger charge is 2.02. The molecule has 27 heavy (non-hydrogen) atoms. The molecule has 1 N–H and O–H groups in total. The number of ether oxygens (including phenoxy) is 3. The van der Waals surface area contributed by atoms with Gasteiger partial charge in [0.1, 0.15) is 24.8 Å². The molecule has 5 heteroatoms. The summed E-state index contributed by atoms with van der Waals surface area (Å²) >= 11 is 0. The third kappa shape index (κ3) is 5.67. The van der Waals surface area contributed by atoms with Gasteiger partial charge in [0.25, 0.3) is 0 Å². The average molecular weight is 370 g/mol. The van der Waals surface area contributed by atoms with Crippen molar-refractivity contribution in [3.63, 3.8) is 0 Å². The maximum atomic E-state index is 11.8. The molecule has 0 unspecified atom stereocenters. The van der Waals surface area contributed by atoms with Gasteiger partial charge in [0, 0.05) is 0 Å². The minimum absolute atomic E-state index is 0.117. The van der Waals surface area contributed by atoms with Gasteiger partial charge in [0.05, 0.1) is 26.4 Å². The molecule has 0 spiro atoms. The number of hydrogen-bond donors (Lipinski definition) is 1. The molecule has 0 aliphatic heterocycles. The minimum Gasteiger partial charge on any atom is -0.508 e. The summed E-state index contributed by atoms with van der Waals surface area (Å²) in [5, 5.41) is 11.6. The lowest BCUT2D eigenvalue weighted by atomic mass is 10.0. The van der Waals surface area contributed by atoms with E-state index in [0.29, 0.717) is 26.4 Å². The molecule has 0 fully saturated rings. The van der Waals surface area contributed by atoms with Crippen LogP contribution in [-0.2, 0) is 9.47 Å². The lowest BCUT2D eigenvalue weighted by Crippen LogP contribution is -2.11. The summed E-state index contributed by atoms with van der Waals surface area (Å²) in [5.41, 5.74) is 2.20. The predicted molar refractivity (Wildman–Crippen MR) is 104 cm³/mol. The largest absolute Gasteiger partial charge is 0.508 e. The fraction of sp³-hybridized carbons (Fsp3) is 0.273. The second-order valence-electron chi connectivity index (χ2n) is 6.03. The zero-order chi connectivity index (χ0) is 18.9. The van der Waals surface area contributed by atoms with E-state index in [0.717, 1.165) is 27.6 Å². The van der Waals surface area contributed by atoms with Crippen LogP contribution in [0.2, 0.25) is 0 Å². The highest BCUT2D eigenvalue weighted by Crippen LogP contribution is 2.27. The molecule has 0 heterocycles. The molecule has 0 radical (unpaired) electrons. The Balaban J connectivity index is 1.49. The van der Waals surface area contributed by atoms with Crippen LogP contribution in [0.25, 0.3) is 21.9 Å². The molecule has 3 rings (SSSR count). The molecule has 0 amide bonds. The lowest BCUT2D eigenvalue weighted by Gasteiger charge is -2.09. The van der Waals surface area contributed by atoms with E-state index in [9.17, 15) is 9.50 Å². The second kappa shape index (κ2) is 9.90. The first-order valence-corrected chi connectivity index (χ1v) is 8.94. The zero-order valence-corrected chi connectivity index (χ0v) is 15.1. The molecule has 3 aromatic rings. The Bertz CT molecular complexity index is 849. The number of halogens is 1. The van der Waals surface area contributed by atoms with Gasteiger partial charge in [-0.1, -0.05) is 30.3 Å². The van der Waals surface area contributed by atoms with Gasteiger partial charge >= 0.3 is 0 Å². The Morgan fingerprint density at radius 2 is 1.30 bits per heavy atom. The molecule has 0 bridgehead atoms. The Labute approximate surface area is 158 Å². The van der Waals surface area contributed by atoms with Crippen molar-refractivity contribution in [3.05, 3.63) is 60.7 Å². The van der Waals surface area contributed by atoms with Crippen molar-refractivity contribution in [2.45, 2.75) is 0 Å². The number of rotatable bonds is 10. The SMILES string of the molecule is Oc1ccc2cc(-c3ccc(OCCOCCOCCF)cc3)ccc2c1. The third-order valence-corrected chi connectivity index (χ3v) is 4.10. The van der Waals surface area contributed by atoms with E-state index in [2.05, 4.69) is 6.07 Å². The monoisotopic (exact) mass is 370 g/mol. The van der Waals surface area contributed by atoms with Gasteiger partial charge in [-0.15, -0.1) is 0 Å². The predicted octanol–water partition coefficient (Wildman–Crippen LogP) is 4.59. The molecule has 4 nitrogen and oxygen atoms in total. The first-order valence-electron chi connectivity index (χ1n) is 8.94. The fourth-order valence-electron chi connectivity index (χ4n) is 2.75. The van der Waals surface area contributed by atoms with Crippen LogP contribution in [0.4, 0.5) is 4.39 Å². The molecule has 3 aromatic carbocycles. The molecule has 0 saturated carbocycles. The average Bonchev–Trinajstić information content (AvgIpc) is 2.70. The van der Waals surface area contributed by atoms with Crippen LogP contribution < -0.4 is 4.74 Å². The number of phenols is 1. The number of aromatic hydroxyl groups is 1. The van der Waals surface area contributed by atoms with Crippen molar-refractivity contribution in [2.24, 2.45) is 0 Å². The summed E-state index contributed by atoms with van der Waals surface area (Å²) in [4.78, 5) is 0. The van der Waals surface area contributed by atoms with Crippen LogP contribution in [0.15, 0.2) is 60.7 Å². The Morgan fingerprint density at radius 1 is 0.667 bits per heavy atom. The van der Waals surface area contributed by atoms with Crippen LogP contribution >= 0.6 is 0 Å². The van der Waals surface area contributed by atoms with Crippen LogP contribution in [0.3, 0.4) is 0 Å². The van der Waals surface area contributed by atoms with Crippen molar-refractivity contribution in [1.82, 2.24) is 0 Å². The molecular formula is C22H23FO4. The molecule has 142 valence electrons. The number of phenolic OH excluding ortho intramolecular Hbond substituents is 1. The van der Waals surface area contributed by atoms with E-state index in [1.165, 1.54) is 0 Å². The standard InChI is InChI=1S/C22H23FO4/c23-9-10-25-11-12-26-13-14-27-22-7-4-17(5-8-22)18-1-2-20-16-21(24)6-3-19(20)15-18/h1-8,15-16,24H,9-14H2. The number of hydrogen-bond acceptors (Lipinski definition) is 4. The van der Waals surface area contributed by atoms with Gasteiger partial charge in [0.15, 0.2) is 0 Å². The van der Waals surface area contributed by atoms with Crippen molar-refractivity contribution in [2.75, 3.05) is 39.7 Å². The fourth-order valence-corrected chi connectivity index (χ4v) is 2.75. The number of fused-ring (bicyclic) bond motifs is 1. The van der Waals surface area contributed by atoms with Crippen LogP contribution in [-0.4, -0.2) is 44.8 Å². The quantitative estimate of drug-likeness (QED) is 0.530. The van der Waals surface area contributed by atoms with E-state index in [1.54, 1.807) is 12.1 Å². The Hall–Kier alpha value is -2.63. The van der Waals surface area contributed by atoms with E-state index in [4.69, 9.17) is 14.2 Å². The summed E-state index contributed by atoms with van der Waals surface area (Å²) in [7, 11) is 0. The number of benzene rings is 3. The van der Waals surface area contributed by atoms with Crippen LogP contribution in [0, 0.1) is 0 Å². The smallest absolute Gasteiger partial charge is 0.119 e. The Kier molecular flexibility index (Phi) is 7.02. The van der Waals surface area contributed by atoms with Crippen LogP contribution in [0.1, 0.15) is 0 Å². The van der Waals surface area contributed by atoms with E-state index < -0.39 is 6.67 Å². The van der Waals surface area contributed by atoms with Crippen molar-refractivity contribution >= 4 is 10.8 Å². The molecule has 0 aliphatic rings. The summed E-state index contributed by atoms with van der Waals surface area (Å²) in [5.74, 6) is 1.05. The van der Waals surface area contributed by atoms with Gasteiger partial charge in [-0.05, 0) is 52.2 Å². The van der Waals surface area contributed by atoms with Gasteiger partial charge in [-0.25, -0.2) is 4.39 Å². The first kappa shape index (κ1) is 19.1. The van der Waals surface area contributed by atoms with Gasteiger partial charge in [0.2, 0.25) is 0 Å². The molecule has 0 atom stereocenters. The van der Waals surface area contributed by atoms with E-state index >= 15 is 0 Å². The zero-order valence-electron chi connectivity index (χ0n) is 15.1. The highest BCUT2D eigenvalue weighted by atomic mass is 19.1. The van der Waals surface area contributed by atoms with Crippen molar-refractivity contribution in [1.29, 1.82) is 0 Å². The summed E-state index contributed by atoms with van der Waals surface area (Å²) in [6, 6.07) is 19.4. The van der Waals surface area contributed by atoms with E-state index in [1.807, 2.05) is 42.5 Å². The van der Waals surface area contributed by atoms with Crippen LogP contribution in [0.5, 0.6) is 11.5 Å². The molecule has 0 aromatic heterocycles. The summed E-state index contributed by atoms with van der Waals surface area (Å²) in [6.07, 6.45) is 0. The third-order valence-electron chi connectivity index (χ3n) is 4.10. The normalized spacial score (nSPS) is 11.0. The number of alkyl halides is 1. The minimum atomic E-state index is -0.470. The van der Waals surface area contributed by atoms with Gasteiger partial charge in [-0.2, -0.15) is 0 Å². The van der Waals surface area contributed by atoms with Gasteiger partial charge in [-0.3, -0.25) is 0 Å². The maximum absolute atomic E-state index is 11.8. The van der Waals surface area contributed by atoms with Gasteiger partial charge < -0.3 is 19.3 Å². The first-order chi connectivity index (χ1) is 13.3. The molecule has 0 aliphatic carbocycles.